The van der Waals surface area contributed by atoms with Crippen molar-refractivity contribution in [3.8, 4) is 5.88 Å². The standard InChI is InChI=1S/C22H32N2O7/c1-13-15-11-22(18(25)29-6,19(26)30-7)12-16(15)14(2)23-17(13)31-10-8-9-24(20(27)28)21(3,4)5/h8-12H2,1-7H3,(H,27,28). The smallest absolute Gasteiger partial charge is 0.407 e. The molecule has 0 aromatic carbocycles. The van der Waals surface area contributed by atoms with Gasteiger partial charge in [-0.05, 0) is 52.2 Å². The van der Waals surface area contributed by atoms with Crippen LogP contribution >= 0.6 is 0 Å². The molecule has 1 aromatic rings. The molecule has 1 heterocycles. The summed E-state index contributed by atoms with van der Waals surface area (Å²) in [6.45, 7) is 9.78. The molecule has 31 heavy (non-hydrogen) atoms. The van der Waals surface area contributed by atoms with Crippen LogP contribution < -0.4 is 4.74 Å². The van der Waals surface area contributed by atoms with Gasteiger partial charge in [-0.3, -0.25) is 9.59 Å². The summed E-state index contributed by atoms with van der Waals surface area (Å²) in [5, 5.41) is 9.39. The monoisotopic (exact) mass is 436 g/mol. The summed E-state index contributed by atoms with van der Waals surface area (Å²) >= 11 is 0. The molecule has 0 fully saturated rings. The molecule has 1 aromatic heterocycles. The van der Waals surface area contributed by atoms with Crippen molar-refractivity contribution in [1.82, 2.24) is 9.88 Å². The fourth-order valence-corrected chi connectivity index (χ4v) is 4.03. The van der Waals surface area contributed by atoms with Gasteiger partial charge in [0.1, 0.15) is 0 Å². The summed E-state index contributed by atoms with van der Waals surface area (Å²) in [6.07, 6.45) is -0.156. The van der Waals surface area contributed by atoms with Crippen LogP contribution in [0.4, 0.5) is 4.79 Å². The lowest BCUT2D eigenvalue weighted by atomic mass is 9.84. The number of ether oxygens (including phenoxy) is 3. The van der Waals surface area contributed by atoms with Crippen molar-refractivity contribution in [3.05, 3.63) is 22.4 Å². The minimum absolute atomic E-state index is 0.157. The maximum Gasteiger partial charge on any atom is 0.407 e. The molecule has 1 amide bonds. The molecule has 0 atom stereocenters. The Morgan fingerprint density at radius 1 is 1.06 bits per heavy atom. The molecule has 0 aliphatic heterocycles. The van der Waals surface area contributed by atoms with Crippen LogP contribution in [0.5, 0.6) is 5.88 Å². The average molecular weight is 437 g/mol. The van der Waals surface area contributed by atoms with Crippen LogP contribution in [0.1, 0.15) is 49.6 Å². The predicted molar refractivity (Wildman–Crippen MR) is 112 cm³/mol. The van der Waals surface area contributed by atoms with Gasteiger partial charge in [0.25, 0.3) is 0 Å². The molecule has 0 unspecified atom stereocenters. The number of hydrogen-bond donors (Lipinski definition) is 1. The number of pyridine rings is 1. The molecule has 1 N–H and O–H groups in total. The highest BCUT2D eigenvalue weighted by Crippen LogP contribution is 2.43. The summed E-state index contributed by atoms with van der Waals surface area (Å²) < 4.78 is 15.7. The molecule has 1 aliphatic carbocycles. The molecule has 0 bridgehead atoms. The number of hydrogen-bond acceptors (Lipinski definition) is 7. The number of aryl methyl sites for hydroxylation is 1. The lowest BCUT2D eigenvalue weighted by molar-refractivity contribution is -0.168. The average Bonchev–Trinajstić information content (AvgIpc) is 3.11. The zero-order chi connectivity index (χ0) is 23.6. The second-order valence-electron chi connectivity index (χ2n) is 8.81. The Morgan fingerprint density at radius 3 is 2.10 bits per heavy atom. The Morgan fingerprint density at radius 2 is 1.61 bits per heavy atom. The first kappa shape index (κ1) is 24.4. The fraction of sp³-hybridized carbons (Fsp3) is 0.636. The largest absolute Gasteiger partial charge is 0.477 e. The Balaban J connectivity index is 2.19. The molecular formula is C22H32N2O7. The number of esters is 2. The van der Waals surface area contributed by atoms with E-state index in [2.05, 4.69) is 4.98 Å². The molecule has 0 saturated carbocycles. The molecule has 172 valence electrons. The molecule has 9 heteroatoms. The highest BCUT2D eigenvalue weighted by Gasteiger charge is 2.53. The number of fused-ring (bicyclic) bond motifs is 1. The quantitative estimate of drug-likeness (QED) is 0.394. The van der Waals surface area contributed by atoms with Crippen LogP contribution in [0.2, 0.25) is 0 Å². The van der Waals surface area contributed by atoms with Crippen LogP contribution in [0.15, 0.2) is 0 Å². The molecule has 0 spiro atoms. The number of carbonyl (C=O) groups is 3. The zero-order valence-corrected chi connectivity index (χ0v) is 19.3. The van der Waals surface area contributed by atoms with Gasteiger partial charge in [0.2, 0.25) is 5.88 Å². The van der Waals surface area contributed by atoms with E-state index in [1.54, 1.807) is 0 Å². The van der Waals surface area contributed by atoms with Gasteiger partial charge < -0.3 is 24.2 Å². The van der Waals surface area contributed by atoms with Gasteiger partial charge >= 0.3 is 18.0 Å². The minimum Gasteiger partial charge on any atom is -0.477 e. The molecule has 0 radical (unpaired) electrons. The van der Waals surface area contributed by atoms with Gasteiger partial charge in [-0.1, -0.05) is 0 Å². The lowest BCUT2D eigenvalue weighted by Crippen LogP contribution is -2.45. The third-order valence-corrected chi connectivity index (χ3v) is 5.76. The van der Waals surface area contributed by atoms with E-state index in [-0.39, 0.29) is 19.4 Å². The number of carboxylic acid groups (broad SMARTS) is 1. The van der Waals surface area contributed by atoms with Crippen molar-refractivity contribution in [2.24, 2.45) is 5.41 Å². The minimum atomic E-state index is -1.42. The SMILES string of the molecule is COC(=O)C1(C(=O)OC)Cc2c(C)nc(OCCCN(C(=O)O)C(C)(C)C)c(C)c2C1. The Kier molecular flexibility index (Phi) is 7.18. The van der Waals surface area contributed by atoms with Gasteiger partial charge in [0.05, 0.1) is 20.8 Å². The van der Waals surface area contributed by atoms with Crippen LogP contribution in [0.3, 0.4) is 0 Å². The molecule has 0 saturated heterocycles. The highest BCUT2D eigenvalue weighted by atomic mass is 16.5. The molecule has 2 rings (SSSR count). The molecular weight excluding hydrogens is 404 g/mol. The lowest BCUT2D eigenvalue weighted by Gasteiger charge is -2.33. The number of methoxy groups -OCH3 is 2. The second kappa shape index (κ2) is 9.11. The molecule has 1 aliphatic rings. The number of amides is 1. The summed E-state index contributed by atoms with van der Waals surface area (Å²) in [5.74, 6) is -0.847. The number of carbonyl (C=O) groups excluding carboxylic acids is 2. The normalized spacial score (nSPS) is 14.5. The van der Waals surface area contributed by atoms with E-state index in [9.17, 15) is 19.5 Å². The van der Waals surface area contributed by atoms with E-state index in [4.69, 9.17) is 14.2 Å². The number of nitrogens with zero attached hydrogens (tertiary/aromatic N) is 2. The van der Waals surface area contributed by atoms with Gasteiger partial charge in [0, 0.05) is 36.2 Å². The van der Waals surface area contributed by atoms with Gasteiger partial charge in [0.15, 0.2) is 5.41 Å². The number of rotatable bonds is 7. The topological polar surface area (TPSA) is 115 Å². The third-order valence-electron chi connectivity index (χ3n) is 5.76. The summed E-state index contributed by atoms with van der Waals surface area (Å²) in [6, 6.07) is 0. The van der Waals surface area contributed by atoms with Gasteiger partial charge in [-0.25, -0.2) is 9.78 Å². The first-order valence-corrected chi connectivity index (χ1v) is 10.2. The van der Waals surface area contributed by atoms with Crippen LogP contribution in [-0.4, -0.2) is 65.9 Å². The van der Waals surface area contributed by atoms with Crippen molar-refractivity contribution in [2.45, 2.75) is 59.4 Å². The van der Waals surface area contributed by atoms with Crippen LogP contribution in [0.25, 0.3) is 0 Å². The number of aromatic nitrogens is 1. The highest BCUT2D eigenvalue weighted by molar-refractivity contribution is 6.01. The van der Waals surface area contributed by atoms with Crippen molar-refractivity contribution in [2.75, 3.05) is 27.4 Å². The van der Waals surface area contributed by atoms with Crippen LogP contribution in [0, 0.1) is 19.3 Å². The predicted octanol–water partition coefficient (Wildman–Crippen LogP) is 2.68. The van der Waals surface area contributed by atoms with Crippen LogP contribution in [-0.2, 0) is 31.9 Å². The first-order chi connectivity index (χ1) is 14.4. The maximum absolute atomic E-state index is 12.5. The first-order valence-electron chi connectivity index (χ1n) is 10.2. The third kappa shape index (κ3) is 4.75. The maximum atomic E-state index is 12.5. The summed E-state index contributed by atoms with van der Waals surface area (Å²) in [7, 11) is 2.50. The summed E-state index contributed by atoms with van der Waals surface area (Å²) in [4.78, 5) is 42.3. The van der Waals surface area contributed by atoms with E-state index in [1.807, 2.05) is 34.6 Å². The van der Waals surface area contributed by atoms with Crippen molar-refractivity contribution < 1.29 is 33.7 Å². The Labute approximate surface area is 182 Å². The van der Waals surface area contributed by atoms with Crippen molar-refractivity contribution in [1.29, 1.82) is 0 Å². The summed E-state index contributed by atoms with van der Waals surface area (Å²) in [5.41, 5.74) is 1.16. The van der Waals surface area contributed by atoms with E-state index in [0.29, 0.717) is 24.5 Å². The van der Waals surface area contributed by atoms with Gasteiger partial charge in [-0.15, -0.1) is 0 Å². The zero-order valence-electron chi connectivity index (χ0n) is 19.3. The van der Waals surface area contributed by atoms with Crippen molar-refractivity contribution in [3.63, 3.8) is 0 Å². The Hall–Kier alpha value is -2.84. The van der Waals surface area contributed by atoms with E-state index < -0.39 is 29.0 Å². The van der Waals surface area contributed by atoms with E-state index >= 15 is 0 Å². The second-order valence-corrected chi connectivity index (χ2v) is 8.81. The fourth-order valence-electron chi connectivity index (χ4n) is 4.03. The van der Waals surface area contributed by atoms with E-state index in [1.165, 1.54) is 19.1 Å². The molecule has 9 nitrogen and oxygen atoms in total. The van der Waals surface area contributed by atoms with E-state index in [0.717, 1.165) is 16.7 Å². The van der Waals surface area contributed by atoms with Crippen molar-refractivity contribution >= 4 is 18.0 Å². The van der Waals surface area contributed by atoms with Gasteiger partial charge in [-0.2, -0.15) is 0 Å². The Bertz CT molecular complexity index is 858.